The highest BCUT2D eigenvalue weighted by Crippen LogP contribution is 2.34. The van der Waals surface area contributed by atoms with Crippen molar-refractivity contribution in [1.29, 1.82) is 0 Å². The summed E-state index contributed by atoms with van der Waals surface area (Å²) in [5, 5.41) is 8.13. The molecule has 0 amide bonds. The van der Waals surface area contributed by atoms with Gasteiger partial charge in [0.25, 0.3) is 0 Å². The standard InChI is InChI=1S/C11H7F6N3O2S/c12-10(13,14)6-1-2-9(23(18,21)22)8(3-6)20-5-7(4-19-20)11(15,16)17/h1-5H,(H2,18,21,22). The van der Waals surface area contributed by atoms with Gasteiger partial charge in [0.15, 0.2) is 0 Å². The van der Waals surface area contributed by atoms with Crippen molar-refractivity contribution in [2.75, 3.05) is 0 Å². The van der Waals surface area contributed by atoms with E-state index < -0.39 is 44.1 Å². The second-order valence-electron chi connectivity index (χ2n) is 4.40. The zero-order chi connectivity index (χ0) is 17.6. The first-order valence-electron chi connectivity index (χ1n) is 5.66. The molecule has 2 rings (SSSR count). The van der Waals surface area contributed by atoms with E-state index in [4.69, 9.17) is 5.14 Å². The Hall–Kier alpha value is -2.08. The molecular formula is C11H7F6N3O2S. The van der Waals surface area contributed by atoms with Gasteiger partial charge in [0, 0.05) is 6.20 Å². The molecule has 1 aromatic heterocycles. The first kappa shape index (κ1) is 17.3. The number of alkyl halides is 6. The minimum absolute atomic E-state index is 0.354. The average molecular weight is 359 g/mol. The minimum atomic E-state index is -4.83. The van der Waals surface area contributed by atoms with E-state index in [1.54, 1.807) is 0 Å². The van der Waals surface area contributed by atoms with Crippen molar-refractivity contribution in [1.82, 2.24) is 9.78 Å². The maximum absolute atomic E-state index is 12.7. The number of rotatable bonds is 2. The van der Waals surface area contributed by atoms with Crippen LogP contribution in [-0.2, 0) is 22.4 Å². The van der Waals surface area contributed by atoms with Crippen LogP contribution in [0, 0.1) is 0 Å². The van der Waals surface area contributed by atoms with Gasteiger partial charge in [-0.3, -0.25) is 0 Å². The monoisotopic (exact) mass is 359 g/mol. The molecule has 0 spiro atoms. The maximum atomic E-state index is 12.7. The lowest BCUT2D eigenvalue weighted by Gasteiger charge is -2.12. The predicted octanol–water partition coefficient (Wildman–Crippen LogP) is 2.56. The third-order valence-corrected chi connectivity index (χ3v) is 3.71. The van der Waals surface area contributed by atoms with Crippen LogP contribution < -0.4 is 5.14 Å². The Labute approximate surface area is 125 Å². The molecule has 0 aliphatic heterocycles. The lowest BCUT2D eigenvalue weighted by molar-refractivity contribution is -0.138. The van der Waals surface area contributed by atoms with Crippen molar-refractivity contribution in [2.45, 2.75) is 17.2 Å². The van der Waals surface area contributed by atoms with Crippen molar-refractivity contribution in [3.63, 3.8) is 0 Å². The van der Waals surface area contributed by atoms with Gasteiger partial charge in [-0.15, -0.1) is 0 Å². The van der Waals surface area contributed by atoms with Gasteiger partial charge in [0.2, 0.25) is 10.0 Å². The molecule has 2 aromatic rings. The molecule has 0 aliphatic carbocycles. The predicted molar refractivity (Wildman–Crippen MR) is 64.9 cm³/mol. The second-order valence-corrected chi connectivity index (χ2v) is 5.93. The Morgan fingerprint density at radius 1 is 1.00 bits per heavy atom. The van der Waals surface area contributed by atoms with Gasteiger partial charge in [-0.2, -0.15) is 31.4 Å². The Morgan fingerprint density at radius 3 is 2.00 bits per heavy atom. The molecule has 23 heavy (non-hydrogen) atoms. The quantitative estimate of drug-likeness (QED) is 0.837. The van der Waals surface area contributed by atoms with Crippen LogP contribution in [0.15, 0.2) is 35.5 Å². The molecule has 0 radical (unpaired) electrons. The van der Waals surface area contributed by atoms with Crippen molar-refractivity contribution in [3.8, 4) is 5.69 Å². The number of hydrogen-bond acceptors (Lipinski definition) is 3. The van der Waals surface area contributed by atoms with Gasteiger partial charge in [0.05, 0.1) is 23.0 Å². The summed E-state index contributed by atoms with van der Waals surface area (Å²) >= 11 is 0. The van der Waals surface area contributed by atoms with Gasteiger partial charge in [-0.05, 0) is 18.2 Å². The third-order valence-electron chi connectivity index (χ3n) is 2.75. The lowest BCUT2D eigenvalue weighted by atomic mass is 10.2. The molecule has 5 nitrogen and oxygen atoms in total. The first-order valence-corrected chi connectivity index (χ1v) is 7.21. The summed E-state index contributed by atoms with van der Waals surface area (Å²) in [5.74, 6) is 0. The zero-order valence-corrected chi connectivity index (χ0v) is 11.7. The fourth-order valence-corrected chi connectivity index (χ4v) is 2.42. The molecule has 0 saturated carbocycles. The fourth-order valence-electron chi connectivity index (χ4n) is 1.71. The summed E-state index contributed by atoms with van der Waals surface area (Å²) in [4.78, 5) is -0.790. The van der Waals surface area contributed by atoms with Crippen LogP contribution in [0.2, 0.25) is 0 Å². The Balaban J connectivity index is 2.70. The molecule has 0 fully saturated rings. The summed E-state index contributed by atoms with van der Waals surface area (Å²) in [6.07, 6.45) is -8.90. The lowest BCUT2D eigenvalue weighted by Crippen LogP contribution is -2.17. The molecule has 2 N–H and O–H groups in total. The molecule has 0 saturated heterocycles. The first-order chi connectivity index (χ1) is 10.3. The van der Waals surface area contributed by atoms with E-state index in [1.807, 2.05) is 0 Å². The van der Waals surface area contributed by atoms with E-state index in [-0.39, 0.29) is 0 Å². The second kappa shape index (κ2) is 5.23. The van der Waals surface area contributed by atoms with E-state index in [9.17, 15) is 34.8 Å². The van der Waals surface area contributed by atoms with Crippen molar-refractivity contribution < 1.29 is 34.8 Å². The van der Waals surface area contributed by atoms with Gasteiger partial charge < -0.3 is 0 Å². The summed E-state index contributed by atoms with van der Waals surface area (Å²) in [6, 6.07) is 1.37. The highest BCUT2D eigenvalue weighted by atomic mass is 32.2. The van der Waals surface area contributed by atoms with Crippen LogP contribution in [0.4, 0.5) is 26.3 Å². The Morgan fingerprint density at radius 2 is 1.57 bits per heavy atom. The number of nitrogens with zero attached hydrogens (tertiary/aromatic N) is 2. The van der Waals surface area contributed by atoms with Crippen LogP contribution in [0.3, 0.4) is 0 Å². The highest BCUT2D eigenvalue weighted by Gasteiger charge is 2.34. The van der Waals surface area contributed by atoms with Gasteiger partial charge in [0.1, 0.15) is 4.90 Å². The van der Waals surface area contributed by atoms with E-state index in [0.717, 1.165) is 0 Å². The van der Waals surface area contributed by atoms with Crippen LogP contribution in [0.1, 0.15) is 11.1 Å². The number of aromatic nitrogens is 2. The molecule has 1 heterocycles. The molecular weight excluding hydrogens is 352 g/mol. The Kier molecular flexibility index (Phi) is 3.93. The highest BCUT2D eigenvalue weighted by molar-refractivity contribution is 7.89. The largest absolute Gasteiger partial charge is 0.419 e. The molecule has 0 aliphatic rings. The van der Waals surface area contributed by atoms with E-state index in [0.29, 0.717) is 35.3 Å². The summed E-state index contributed by atoms with van der Waals surface area (Å²) in [6.45, 7) is 0. The normalized spacial score (nSPS) is 13.3. The maximum Gasteiger partial charge on any atom is 0.419 e. The van der Waals surface area contributed by atoms with Crippen molar-refractivity contribution >= 4 is 10.0 Å². The smallest absolute Gasteiger partial charge is 0.239 e. The molecule has 1 aromatic carbocycles. The zero-order valence-electron chi connectivity index (χ0n) is 10.9. The van der Waals surface area contributed by atoms with E-state index in [2.05, 4.69) is 5.10 Å². The van der Waals surface area contributed by atoms with Crippen molar-refractivity contribution in [3.05, 3.63) is 41.7 Å². The number of hydrogen-bond donors (Lipinski definition) is 1. The number of sulfonamides is 1. The minimum Gasteiger partial charge on any atom is -0.239 e. The van der Waals surface area contributed by atoms with Gasteiger partial charge >= 0.3 is 12.4 Å². The summed E-state index contributed by atoms with van der Waals surface area (Å²) in [5.41, 5.74) is -3.25. The molecule has 0 bridgehead atoms. The molecule has 12 heteroatoms. The number of nitrogens with two attached hydrogens (primary N) is 1. The average Bonchev–Trinajstić information content (AvgIpc) is 2.85. The van der Waals surface area contributed by atoms with Crippen LogP contribution in [0.25, 0.3) is 5.69 Å². The topological polar surface area (TPSA) is 78.0 Å². The van der Waals surface area contributed by atoms with Gasteiger partial charge in [-0.25, -0.2) is 18.2 Å². The number of benzene rings is 1. The number of halogens is 6. The molecule has 0 unspecified atom stereocenters. The van der Waals surface area contributed by atoms with Crippen LogP contribution in [-0.4, -0.2) is 18.2 Å². The van der Waals surface area contributed by atoms with Crippen molar-refractivity contribution in [2.24, 2.45) is 5.14 Å². The Bertz CT molecular complexity index is 838. The third kappa shape index (κ3) is 3.64. The van der Waals surface area contributed by atoms with Crippen LogP contribution in [0.5, 0.6) is 0 Å². The molecule has 126 valence electrons. The van der Waals surface area contributed by atoms with E-state index in [1.165, 1.54) is 0 Å². The van der Waals surface area contributed by atoms with E-state index >= 15 is 0 Å². The fraction of sp³-hybridized carbons (Fsp3) is 0.182. The number of primary sulfonamides is 1. The summed E-state index contributed by atoms with van der Waals surface area (Å²) in [7, 11) is -4.48. The molecule has 0 atom stereocenters. The summed E-state index contributed by atoms with van der Waals surface area (Å²) < 4.78 is 99.0. The van der Waals surface area contributed by atoms with Gasteiger partial charge in [-0.1, -0.05) is 0 Å². The SMILES string of the molecule is NS(=O)(=O)c1ccc(C(F)(F)F)cc1-n1cc(C(F)(F)F)cn1. The van der Waals surface area contributed by atoms with Crippen LogP contribution >= 0.6 is 0 Å².